The van der Waals surface area contributed by atoms with Gasteiger partial charge in [-0.2, -0.15) is 5.10 Å². The predicted octanol–water partition coefficient (Wildman–Crippen LogP) is 0.495. The SMILES string of the molecule is CN1CC(O)CC2(CCN(C(=O)CCCn3cccn3)CC2)C1=O. The summed E-state index contributed by atoms with van der Waals surface area (Å²) in [7, 11) is 1.75. The summed E-state index contributed by atoms with van der Waals surface area (Å²) in [5.74, 6) is 0.271. The van der Waals surface area contributed by atoms with Crippen LogP contribution in [0.15, 0.2) is 18.5 Å². The van der Waals surface area contributed by atoms with Crippen molar-refractivity contribution in [2.24, 2.45) is 5.41 Å². The quantitative estimate of drug-likeness (QED) is 0.869. The molecule has 1 atom stereocenters. The monoisotopic (exact) mass is 334 g/mol. The van der Waals surface area contributed by atoms with Crippen molar-refractivity contribution in [1.29, 1.82) is 0 Å². The maximum atomic E-state index is 12.5. The van der Waals surface area contributed by atoms with Gasteiger partial charge in [0.2, 0.25) is 11.8 Å². The summed E-state index contributed by atoms with van der Waals surface area (Å²) >= 11 is 0. The number of aliphatic hydroxyl groups is 1. The van der Waals surface area contributed by atoms with Crippen LogP contribution < -0.4 is 0 Å². The van der Waals surface area contributed by atoms with Crippen molar-refractivity contribution >= 4 is 11.8 Å². The van der Waals surface area contributed by atoms with E-state index in [1.54, 1.807) is 18.1 Å². The van der Waals surface area contributed by atoms with E-state index >= 15 is 0 Å². The first-order valence-electron chi connectivity index (χ1n) is 8.69. The van der Waals surface area contributed by atoms with E-state index in [1.165, 1.54) is 0 Å². The summed E-state index contributed by atoms with van der Waals surface area (Å²) in [4.78, 5) is 28.4. The number of likely N-dealkylation sites (N-methyl/N-ethyl adjacent to an activating group) is 1. The molecule has 24 heavy (non-hydrogen) atoms. The molecule has 0 saturated carbocycles. The number of carbonyl (C=O) groups is 2. The molecule has 1 aromatic heterocycles. The number of piperidine rings is 2. The highest BCUT2D eigenvalue weighted by Crippen LogP contribution is 2.40. The van der Waals surface area contributed by atoms with Gasteiger partial charge >= 0.3 is 0 Å². The maximum Gasteiger partial charge on any atom is 0.228 e. The average molecular weight is 334 g/mol. The maximum absolute atomic E-state index is 12.5. The number of aromatic nitrogens is 2. The zero-order chi connectivity index (χ0) is 17.2. The standard InChI is InChI=1S/C17H26N4O3/c1-19-13-14(22)12-17(16(19)24)5-10-20(11-6-17)15(23)4-2-8-21-9-3-7-18-21/h3,7,9,14,22H,2,4-6,8,10-13H2,1H3. The molecule has 2 amide bonds. The van der Waals surface area contributed by atoms with Crippen molar-refractivity contribution in [3.8, 4) is 0 Å². The molecule has 0 radical (unpaired) electrons. The Morgan fingerprint density at radius 2 is 2.17 bits per heavy atom. The van der Waals surface area contributed by atoms with Gasteiger partial charge in [-0.05, 0) is 31.7 Å². The van der Waals surface area contributed by atoms with E-state index in [2.05, 4.69) is 5.10 Å². The molecule has 7 nitrogen and oxygen atoms in total. The molecule has 1 unspecified atom stereocenters. The topological polar surface area (TPSA) is 78.7 Å². The van der Waals surface area contributed by atoms with Crippen LogP contribution in [0.5, 0.6) is 0 Å². The molecule has 0 bridgehead atoms. The van der Waals surface area contributed by atoms with E-state index in [1.807, 2.05) is 21.8 Å². The van der Waals surface area contributed by atoms with Gasteiger partial charge in [0, 0.05) is 52.0 Å². The molecular formula is C17H26N4O3. The molecule has 1 N–H and O–H groups in total. The Morgan fingerprint density at radius 1 is 1.42 bits per heavy atom. The molecule has 1 aromatic rings. The number of carbonyl (C=O) groups excluding carboxylic acids is 2. The fourth-order valence-corrected chi connectivity index (χ4v) is 3.99. The van der Waals surface area contributed by atoms with Crippen molar-refractivity contribution in [2.45, 2.75) is 44.8 Å². The lowest BCUT2D eigenvalue weighted by Crippen LogP contribution is -2.56. The first-order chi connectivity index (χ1) is 11.5. The Balaban J connectivity index is 1.49. The Labute approximate surface area is 142 Å². The minimum Gasteiger partial charge on any atom is -0.391 e. The number of nitrogens with zero attached hydrogens (tertiary/aromatic N) is 4. The lowest BCUT2D eigenvalue weighted by atomic mass is 9.71. The number of amides is 2. The highest BCUT2D eigenvalue weighted by Gasteiger charge is 2.47. The second kappa shape index (κ2) is 6.93. The van der Waals surface area contributed by atoms with E-state index in [-0.39, 0.29) is 11.8 Å². The number of aliphatic hydroxyl groups excluding tert-OH is 1. The summed E-state index contributed by atoms with van der Waals surface area (Å²) in [6.07, 6.45) is 6.27. The van der Waals surface area contributed by atoms with Crippen LogP contribution in [0.2, 0.25) is 0 Å². The zero-order valence-corrected chi connectivity index (χ0v) is 14.2. The van der Waals surface area contributed by atoms with E-state index < -0.39 is 11.5 Å². The van der Waals surface area contributed by atoms with Gasteiger partial charge in [0.25, 0.3) is 0 Å². The van der Waals surface area contributed by atoms with Gasteiger partial charge in [0.15, 0.2) is 0 Å². The van der Waals surface area contributed by atoms with E-state index in [4.69, 9.17) is 0 Å². The Hall–Kier alpha value is -1.89. The average Bonchev–Trinajstić information content (AvgIpc) is 3.06. The number of aryl methyl sites for hydroxylation is 1. The van der Waals surface area contributed by atoms with Gasteiger partial charge in [0.05, 0.1) is 11.5 Å². The number of rotatable bonds is 4. The normalized spacial score (nSPS) is 23.8. The molecule has 2 saturated heterocycles. The third kappa shape index (κ3) is 3.45. The molecule has 0 aromatic carbocycles. The number of β-amino-alcohol motifs (C(OH)–C–C–N with tert-alkyl or cyclic N) is 1. The summed E-state index contributed by atoms with van der Waals surface area (Å²) in [5.41, 5.74) is -0.474. The fourth-order valence-electron chi connectivity index (χ4n) is 3.99. The number of likely N-dealkylation sites (tertiary alicyclic amines) is 2. The fraction of sp³-hybridized carbons (Fsp3) is 0.706. The predicted molar refractivity (Wildman–Crippen MR) is 88.0 cm³/mol. The van der Waals surface area contributed by atoms with Crippen LogP contribution in [0.3, 0.4) is 0 Å². The number of hydrogen-bond acceptors (Lipinski definition) is 4. The molecule has 7 heteroatoms. The van der Waals surface area contributed by atoms with Crippen LogP contribution in [0, 0.1) is 5.41 Å². The number of hydrogen-bond donors (Lipinski definition) is 1. The Kier molecular flexibility index (Phi) is 4.89. The lowest BCUT2D eigenvalue weighted by molar-refractivity contribution is -0.156. The highest BCUT2D eigenvalue weighted by atomic mass is 16.3. The summed E-state index contributed by atoms with van der Waals surface area (Å²) in [6.45, 7) is 2.36. The summed E-state index contributed by atoms with van der Waals surface area (Å²) in [5, 5.41) is 14.1. The Morgan fingerprint density at radius 3 is 2.83 bits per heavy atom. The van der Waals surface area contributed by atoms with Crippen molar-refractivity contribution < 1.29 is 14.7 Å². The van der Waals surface area contributed by atoms with Gasteiger partial charge in [-0.1, -0.05) is 0 Å². The first-order valence-corrected chi connectivity index (χ1v) is 8.69. The molecular weight excluding hydrogens is 308 g/mol. The van der Waals surface area contributed by atoms with Gasteiger partial charge in [-0.15, -0.1) is 0 Å². The molecule has 1 spiro atoms. The van der Waals surface area contributed by atoms with Crippen LogP contribution in [0.1, 0.15) is 32.1 Å². The first kappa shape index (κ1) is 17.0. The van der Waals surface area contributed by atoms with E-state index in [0.717, 1.165) is 13.0 Å². The summed E-state index contributed by atoms with van der Waals surface area (Å²) < 4.78 is 1.83. The lowest BCUT2D eigenvalue weighted by Gasteiger charge is -2.47. The molecule has 0 aliphatic carbocycles. The highest BCUT2D eigenvalue weighted by molar-refractivity contribution is 5.84. The van der Waals surface area contributed by atoms with Gasteiger partial charge in [-0.25, -0.2) is 0 Å². The van der Waals surface area contributed by atoms with Gasteiger partial charge in [-0.3, -0.25) is 14.3 Å². The molecule has 2 aliphatic heterocycles. The minimum absolute atomic E-state index is 0.124. The van der Waals surface area contributed by atoms with Crippen LogP contribution in [0.25, 0.3) is 0 Å². The Bertz CT molecular complexity index is 579. The van der Waals surface area contributed by atoms with Crippen molar-refractivity contribution in [3.63, 3.8) is 0 Å². The third-order valence-corrected chi connectivity index (χ3v) is 5.32. The second-order valence-electron chi connectivity index (χ2n) is 7.08. The van der Waals surface area contributed by atoms with Crippen LogP contribution in [-0.4, -0.2) is 69.3 Å². The van der Waals surface area contributed by atoms with Crippen LogP contribution in [-0.2, 0) is 16.1 Å². The molecule has 132 valence electrons. The largest absolute Gasteiger partial charge is 0.391 e. The molecule has 2 fully saturated rings. The second-order valence-corrected chi connectivity index (χ2v) is 7.08. The van der Waals surface area contributed by atoms with Gasteiger partial charge < -0.3 is 14.9 Å². The molecule has 3 rings (SSSR count). The molecule has 3 heterocycles. The minimum atomic E-state index is -0.474. The van der Waals surface area contributed by atoms with Crippen LogP contribution >= 0.6 is 0 Å². The van der Waals surface area contributed by atoms with E-state index in [9.17, 15) is 14.7 Å². The van der Waals surface area contributed by atoms with Crippen molar-refractivity contribution in [1.82, 2.24) is 19.6 Å². The zero-order valence-electron chi connectivity index (χ0n) is 14.2. The summed E-state index contributed by atoms with van der Waals surface area (Å²) in [6, 6.07) is 1.87. The van der Waals surface area contributed by atoms with Crippen molar-refractivity contribution in [3.05, 3.63) is 18.5 Å². The smallest absolute Gasteiger partial charge is 0.228 e. The van der Waals surface area contributed by atoms with Crippen LogP contribution in [0.4, 0.5) is 0 Å². The third-order valence-electron chi connectivity index (χ3n) is 5.32. The van der Waals surface area contributed by atoms with E-state index in [0.29, 0.717) is 45.3 Å². The van der Waals surface area contributed by atoms with Crippen molar-refractivity contribution in [2.75, 3.05) is 26.7 Å². The molecule has 2 aliphatic rings. The van der Waals surface area contributed by atoms with Gasteiger partial charge in [0.1, 0.15) is 0 Å².